The zero-order valence-electron chi connectivity index (χ0n) is 9.32. The highest BCUT2D eigenvalue weighted by Gasteiger charge is 2.13. The summed E-state index contributed by atoms with van der Waals surface area (Å²) in [6.45, 7) is 1.56. The Kier molecular flexibility index (Phi) is 3.25. The minimum atomic E-state index is -1.09. The lowest BCUT2D eigenvalue weighted by Crippen LogP contribution is -2.04. The van der Waals surface area contributed by atoms with E-state index in [1.165, 1.54) is 18.3 Å². The number of carboxylic acid groups (broad SMARTS) is 1. The van der Waals surface area contributed by atoms with Gasteiger partial charge in [0.05, 0.1) is 16.3 Å². The number of halogens is 2. The van der Waals surface area contributed by atoms with Crippen molar-refractivity contribution in [2.45, 2.75) is 6.92 Å². The predicted octanol–water partition coefficient (Wildman–Crippen LogP) is 2.94. The lowest BCUT2D eigenvalue weighted by atomic mass is 10.2. The van der Waals surface area contributed by atoms with Crippen LogP contribution in [0.15, 0.2) is 24.4 Å². The Balaban J connectivity index is 2.52. The predicted molar refractivity (Wildman–Crippen MR) is 64.1 cm³/mol. The van der Waals surface area contributed by atoms with Gasteiger partial charge in [0.25, 0.3) is 0 Å². The van der Waals surface area contributed by atoms with Crippen molar-refractivity contribution >= 4 is 17.6 Å². The van der Waals surface area contributed by atoms with Crippen LogP contribution < -0.4 is 0 Å². The summed E-state index contributed by atoms with van der Waals surface area (Å²) in [4.78, 5) is 18.8. The van der Waals surface area contributed by atoms with Crippen molar-refractivity contribution in [3.63, 3.8) is 0 Å². The smallest absolute Gasteiger partial charge is 0.339 e. The molecule has 18 heavy (non-hydrogen) atoms. The quantitative estimate of drug-likeness (QED) is 0.908. The third kappa shape index (κ3) is 2.31. The molecule has 0 aliphatic heterocycles. The molecule has 1 N–H and O–H groups in total. The topological polar surface area (TPSA) is 63.1 Å². The van der Waals surface area contributed by atoms with Gasteiger partial charge < -0.3 is 5.11 Å². The zero-order chi connectivity index (χ0) is 13.3. The van der Waals surface area contributed by atoms with Gasteiger partial charge in [-0.25, -0.2) is 19.2 Å². The first-order chi connectivity index (χ1) is 8.49. The maximum absolute atomic E-state index is 12.9. The molecule has 4 nitrogen and oxygen atoms in total. The second-order valence-corrected chi connectivity index (χ2v) is 4.03. The molecule has 1 aromatic carbocycles. The Bertz CT molecular complexity index is 631. The normalized spacial score (nSPS) is 10.4. The third-order valence-electron chi connectivity index (χ3n) is 2.38. The molecule has 0 spiro atoms. The van der Waals surface area contributed by atoms with E-state index in [1.54, 1.807) is 6.92 Å². The summed E-state index contributed by atoms with van der Waals surface area (Å²) in [5.41, 5.74) is 0.808. The minimum Gasteiger partial charge on any atom is -0.478 e. The van der Waals surface area contributed by atoms with Crippen LogP contribution in [-0.4, -0.2) is 21.0 Å². The number of aryl methyl sites for hydroxylation is 1. The lowest BCUT2D eigenvalue weighted by molar-refractivity contribution is 0.0695. The van der Waals surface area contributed by atoms with Crippen LogP contribution >= 0.6 is 11.6 Å². The van der Waals surface area contributed by atoms with Gasteiger partial charge in [-0.15, -0.1) is 0 Å². The van der Waals surface area contributed by atoms with Gasteiger partial charge in [-0.1, -0.05) is 11.6 Å². The maximum atomic E-state index is 12.9. The van der Waals surface area contributed by atoms with E-state index < -0.39 is 11.8 Å². The molecular formula is C12H8ClFN2O2. The molecule has 2 aromatic rings. The highest BCUT2D eigenvalue weighted by Crippen LogP contribution is 2.26. The van der Waals surface area contributed by atoms with Crippen molar-refractivity contribution in [2.24, 2.45) is 0 Å². The molecule has 0 amide bonds. The molecule has 92 valence electrons. The molecule has 0 aliphatic carbocycles. The van der Waals surface area contributed by atoms with Crippen molar-refractivity contribution in [2.75, 3.05) is 0 Å². The number of aromatic nitrogens is 2. The van der Waals surface area contributed by atoms with Crippen LogP contribution in [0, 0.1) is 12.7 Å². The van der Waals surface area contributed by atoms with E-state index in [4.69, 9.17) is 16.7 Å². The van der Waals surface area contributed by atoms with E-state index in [0.717, 1.165) is 6.07 Å². The van der Waals surface area contributed by atoms with Crippen LogP contribution in [0.25, 0.3) is 11.4 Å². The van der Waals surface area contributed by atoms with Crippen LogP contribution in [0.4, 0.5) is 4.39 Å². The number of rotatable bonds is 2. The van der Waals surface area contributed by atoms with Crippen molar-refractivity contribution in [3.8, 4) is 11.4 Å². The molecule has 0 aliphatic rings. The molecule has 0 saturated carbocycles. The van der Waals surface area contributed by atoms with Crippen molar-refractivity contribution in [3.05, 3.63) is 46.5 Å². The summed E-state index contributed by atoms with van der Waals surface area (Å²) < 4.78 is 12.9. The number of hydrogen-bond donors (Lipinski definition) is 1. The molecule has 0 radical (unpaired) electrons. The third-order valence-corrected chi connectivity index (χ3v) is 2.69. The molecule has 0 saturated heterocycles. The van der Waals surface area contributed by atoms with Crippen LogP contribution in [0.3, 0.4) is 0 Å². The van der Waals surface area contributed by atoms with Crippen molar-refractivity contribution in [1.29, 1.82) is 0 Å². The van der Waals surface area contributed by atoms with E-state index in [1.807, 2.05) is 0 Å². The van der Waals surface area contributed by atoms with Crippen molar-refractivity contribution < 1.29 is 14.3 Å². The molecule has 0 unspecified atom stereocenters. The van der Waals surface area contributed by atoms with Gasteiger partial charge in [0.1, 0.15) is 5.82 Å². The number of aromatic carboxylic acids is 1. The fraction of sp³-hybridized carbons (Fsp3) is 0.0833. The maximum Gasteiger partial charge on any atom is 0.339 e. The molecule has 0 atom stereocenters. The minimum absolute atomic E-state index is 0.0250. The second-order valence-electron chi connectivity index (χ2n) is 3.62. The molecule has 6 heteroatoms. The van der Waals surface area contributed by atoms with E-state index in [9.17, 15) is 9.18 Å². The van der Waals surface area contributed by atoms with Gasteiger partial charge in [-0.05, 0) is 25.1 Å². The van der Waals surface area contributed by atoms with Gasteiger partial charge >= 0.3 is 5.97 Å². The first-order valence-electron chi connectivity index (χ1n) is 5.01. The van der Waals surface area contributed by atoms with Gasteiger partial charge in [0.15, 0.2) is 5.82 Å². The zero-order valence-corrected chi connectivity index (χ0v) is 10.1. The summed E-state index contributed by atoms with van der Waals surface area (Å²) in [6, 6.07) is 3.85. The van der Waals surface area contributed by atoms with E-state index in [0.29, 0.717) is 11.3 Å². The molecule has 2 rings (SSSR count). The number of carbonyl (C=O) groups is 1. The SMILES string of the molecule is Cc1nc(-c2ccc(F)cc2Cl)ncc1C(=O)O. The molecule has 0 bridgehead atoms. The summed E-state index contributed by atoms with van der Waals surface area (Å²) >= 11 is 5.88. The summed E-state index contributed by atoms with van der Waals surface area (Å²) in [6.07, 6.45) is 1.21. The van der Waals surface area contributed by atoms with Gasteiger partial charge in [-0.3, -0.25) is 0 Å². The van der Waals surface area contributed by atoms with Crippen LogP contribution in [0.2, 0.25) is 5.02 Å². The Morgan fingerprint density at radius 1 is 1.44 bits per heavy atom. The van der Waals surface area contributed by atoms with Crippen molar-refractivity contribution in [1.82, 2.24) is 9.97 Å². The summed E-state index contributed by atoms with van der Waals surface area (Å²) in [7, 11) is 0. The van der Waals surface area contributed by atoms with E-state index in [-0.39, 0.29) is 16.4 Å². The highest BCUT2D eigenvalue weighted by atomic mass is 35.5. The average Bonchev–Trinajstić information content (AvgIpc) is 2.28. The first-order valence-corrected chi connectivity index (χ1v) is 5.39. The Labute approximate surface area is 107 Å². The van der Waals surface area contributed by atoms with E-state index in [2.05, 4.69) is 9.97 Å². The largest absolute Gasteiger partial charge is 0.478 e. The average molecular weight is 267 g/mol. The first kappa shape index (κ1) is 12.4. The summed E-state index contributed by atoms with van der Waals surface area (Å²) in [5, 5.41) is 9.04. The molecule has 0 fully saturated rings. The van der Waals surface area contributed by atoms with Gasteiger partial charge in [0, 0.05) is 11.8 Å². The Morgan fingerprint density at radius 3 is 2.72 bits per heavy atom. The number of hydrogen-bond acceptors (Lipinski definition) is 3. The number of benzene rings is 1. The van der Waals surface area contributed by atoms with Gasteiger partial charge in [0.2, 0.25) is 0 Å². The van der Waals surface area contributed by atoms with Crippen LogP contribution in [0.1, 0.15) is 16.1 Å². The highest BCUT2D eigenvalue weighted by molar-refractivity contribution is 6.33. The molecular weight excluding hydrogens is 259 g/mol. The second kappa shape index (κ2) is 4.70. The fourth-order valence-electron chi connectivity index (χ4n) is 1.48. The lowest BCUT2D eigenvalue weighted by Gasteiger charge is -2.05. The Morgan fingerprint density at radius 2 is 2.17 bits per heavy atom. The van der Waals surface area contributed by atoms with Gasteiger partial charge in [-0.2, -0.15) is 0 Å². The number of nitrogens with zero attached hydrogens (tertiary/aromatic N) is 2. The standard InChI is InChI=1S/C12H8ClFN2O2/c1-6-9(12(17)18)5-15-11(16-6)8-3-2-7(14)4-10(8)13/h2-5H,1H3,(H,17,18). The monoisotopic (exact) mass is 266 g/mol. The molecule has 1 aromatic heterocycles. The van der Waals surface area contributed by atoms with E-state index >= 15 is 0 Å². The van der Waals surface area contributed by atoms with Crippen LogP contribution in [-0.2, 0) is 0 Å². The fourth-order valence-corrected chi connectivity index (χ4v) is 1.73. The number of carboxylic acids is 1. The molecule has 1 heterocycles. The summed E-state index contributed by atoms with van der Waals surface area (Å²) in [5.74, 6) is -1.28. The Hall–Kier alpha value is -2.01. The van der Waals surface area contributed by atoms with Crippen LogP contribution in [0.5, 0.6) is 0 Å².